The number of nitrogens with zero attached hydrogens (tertiary/aromatic N) is 1. The molecule has 3 rings (SSSR count). The molecule has 0 atom stereocenters. The predicted octanol–water partition coefficient (Wildman–Crippen LogP) is 2.40. The summed E-state index contributed by atoms with van der Waals surface area (Å²) in [6, 6.07) is 7.48. The number of methoxy groups -OCH3 is 2. The fourth-order valence-electron chi connectivity index (χ4n) is 2.85. The molecule has 0 saturated carbocycles. The molecule has 20 heavy (non-hydrogen) atoms. The van der Waals surface area contributed by atoms with Crippen LogP contribution in [0.4, 0.5) is 0 Å². The summed E-state index contributed by atoms with van der Waals surface area (Å²) in [5.41, 5.74) is 4.38. The van der Waals surface area contributed by atoms with E-state index in [-0.39, 0.29) is 5.56 Å². The summed E-state index contributed by atoms with van der Waals surface area (Å²) in [5.74, 6) is 1.42. The number of fused-ring (bicyclic) bond motifs is 3. The Kier molecular flexibility index (Phi) is 3.01. The van der Waals surface area contributed by atoms with Crippen molar-refractivity contribution in [2.24, 2.45) is 0 Å². The Bertz CT molecular complexity index is 731. The van der Waals surface area contributed by atoms with E-state index in [1.54, 1.807) is 20.3 Å². The first kappa shape index (κ1) is 12.8. The van der Waals surface area contributed by atoms with Gasteiger partial charge in [0.2, 0.25) is 0 Å². The van der Waals surface area contributed by atoms with Crippen LogP contribution >= 0.6 is 0 Å². The molecule has 104 valence electrons. The molecule has 1 aromatic carbocycles. The molecule has 1 aromatic heterocycles. The number of hydrogen-bond donors (Lipinski definition) is 0. The zero-order valence-electron chi connectivity index (χ0n) is 11.9. The van der Waals surface area contributed by atoms with Gasteiger partial charge in [-0.05, 0) is 36.6 Å². The summed E-state index contributed by atoms with van der Waals surface area (Å²) >= 11 is 0. The van der Waals surface area contributed by atoms with Gasteiger partial charge in [0.25, 0.3) is 5.56 Å². The van der Waals surface area contributed by atoms with Gasteiger partial charge in [-0.2, -0.15) is 0 Å². The van der Waals surface area contributed by atoms with E-state index in [2.05, 4.69) is 0 Å². The zero-order valence-corrected chi connectivity index (χ0v) is 11.9. The summed E-state index contributed by atoms with van der Waals surface area (Å²) < 4.78 is 12.6. The number of pyridine rings is 1. The Hall–Kier alpha value is -2.23. The lowest BCUT2D eigenvalue weighted by Crippen LogP contribution is -2.26. The third kappa shape index (κ3) is 1.80. The summed E-state index contributed by atoms with van der Waals surface area (Å²) in [5, 5.41) is 0. The Morgan fingerprint density at radius 3 is 2.50 bits per heavy atom. The van der Waals surface area contributed by atoms with Crippen molar-refractivity contribution >= 4 is 0 Å². The van der Waals surface area contributed by atoms with Crippen molar-refractivity contribution in [3.8, 4) is 22.8 Å². The van der Waals surface area contributed by atoms with Crippen molar-refractivity contribution in [3.63, 3.8) is 0 Å². The van der Waals surface area contributed by atoms with Gasteiger partial charge in [-0.15, -0.1) is 0 Å². The number of rotatable bonds is 2. The molecular weight excluding hydrogens is 254 g/mol. The lowest BCUT2D eigenvalue weighted by atomic mass is 9.94. The number of aromatic nitrogens is 1. The van der Waals surface area contributed by atoms with Crippen molar-refractivity contribution in [1.82, 2.24) is 4.57 Å². The maximum absolute atomic E-state index is 12.0. The highest BCUT2D eigenvalue weighted by atomic mass is 16.5. The van der Waals surface area contributed by atoms with Gasteiger partial charge >= 0.3 is 0 Å². The highest BCUT2D eigenvalue weighted by Gasteiger charge is 2.21. The zero-order chi connectivity index (χ0) is 14.3. The maximum Gasteiger partial charge on any atom is 0.251 e. The molecule has 1 aliphatic rings. The van der Waals surface area contributed by atoms with E-state index in [4.69, 9.17) is 9.47 Å². The van der Waals surface area contributed by atoms with Crippen LogP contribution in [-0.4, -0.2) is 18.8 Å². The molecule has 4 nitrogen and oxygen atoms in total. The van der Waals surface area contributed by atoms with E-state index in [1.165, 1.54) is 5.56 Å². The molecule has 0 saturated heterocycles. The van der Waals surface area contributed by atoms with Crippen molar-refractivity contribution in [1.29, 1.82) is 0 Å². The third-order valence-corrected chi connectivity index (χ3v) is 3.85. The van der Waals surface area contributed by atoms with Gasteiger partial charge in [0.15, 0.2) is 11.5 Å². The SMILES string of the molecule is COc1cc2c(cc1OC)-c1c(C)ccc(=O)n1CC2. The van der Waals surface area contributed by atoms with Crippen LogP contribution in [0.2, 0.25) is 0 Å². The quantitative estimate of drug-likeness (QED) is 0.842. The highest BCUT2D eigenvalue weighted by molar-refractivity contribution is 5.72. The van der Waals surface area contributed by atoms with Crippen LogP contribution < -0.4 is 15.0 Å². The van der Waals surface area contributed by atoms with E-state index in [1.807, 2.05) is 29.7 Å². The molecule has 1 aliphatic heterocycles. The van der Waals surface area contributed by atoms with E-state index in [9.17, 15) is 4.79 Å². The molecule has 0 aliphatic carbocycles. The van der Waals surface area contributed by atoms with Gasteiger partial charge in [-0.25, -0.2) is 0 Å². The molecule has 0 radical (unpaired) electrons. The summed E-state index contributed by atoms with van der Waals surface area (Å²) in [6.07, 6.45) is 0.825. The Morgan fingerprint density at radius 1 is 1.10 bits per heavy atom. The first-order valence-corrected chi connectivity index (χ1v) is 6.61. The average Bonchev–Trinajstić information content (AvgIpc) is 2.48. The van der Waals surface area contributed by atoms with Crippen LogP contribution in [0.1, 0.15) is 11.1 Å². The molecular formula is C16H17NO3. The molecule has 2 heterocycles. The fraction of sp³-hybridized carbons (Fsp3) is 0.312. The van der Waals surface area contributed by atoms with Gasteiger partial charge in [0, 0.05) is 18.2 Å². The minimum absolute atomic E-state index is 0.0473. The van der Waals surface area contributed by atoms with Crippen molar-refractivity contribution in [3.05, 3.63) is 45.7 Å². The molecule has 0 bridgehead atoms. The largest absolute Gasteiger partial charge is 0.493 e. The lowest BCUT2D eigenvalue weighted by Gasteiger charge is -2.24. The van der Waals surface area contributed by atoms with Crippen molar-refractivity contribution < 1.29 is 9.47 Å². The first-order chi connectivity index (χ1) is 9.65. The highest BCUT2D eigenvalue weighted by Crippen LogP contribution is 2.38. The monoisotopic (exact) mass is 271 g/mol. The number of aryl methyl sites for hydroxylation is 2. The molecule has 0 unspecified atom stereocenters. The van der Waals surface area contributed by atoms with Gasteiger partial charge in [-0.1, -0.05) is 6.07 Å². The van der Waals surface area contributed by atoms with Gasteiger partial charge in [-0.3, -0.25) is 4.79 Å². The predicted molar refractivity (Wildman–Crippen MR) is 77.7 cm³/mol. The number of hydrogen-bond acceptors (Lipinski definition) is 3. The van der Waals surface area contributed by atoms with Crippen LogP contribution in [0.3, 0.4) is 0 Å². The Balaban J connectivity index is 2.31. The molecule has 0 spiro atoms. The van der Waals surface area contributed by atoms with E-state index in [0.717, 1.165) is 29.0 Å². The lowest BCUT2D eigenvalue weighted by molar-refractivity contribution is 0.354. The summed E-state index contributed by atoms with van der Waals surface area (Å²) in [4.78, 5) is 12.0. The second-order valence-electron chi connectivity index (χ2n) is 4.97. The average molecular weight is 271 g/mol. The van der Waals surface area contributed by atoms with Gasteiger partial charge in [0.05, 0.1) is 19.9 Å². The minimum atomic E-state index is 0.0473. The molecule has 0 N–H and O–H groups in total. The first-order valence-electron chi connectivity index (χ1n) is 6.61. The van der Waals surface area contributed by atoms with E-state index in [0.29, 0.717) is 12.3 Å². The van der Waals surface area contributed by atoms with Crippen LogP contribution in [0.15, 0.2) is 29.1 Å². The van der Waals surface area contributed by atoms with E-state index >= 15 is 0 Å². The smallest absolute Gasteiger partial charge is 0.251 e. The van der Waals surface area contributed by atoms with Crippen molar-refractivity contribution in [2.75, 3.05) is 14.2 Å². The molecule has 0 amide bonds. The topological polar surface area (TPSA) is 40.5 Å². The fourth-order valence-corrected chi connectivity index (χ4v) is 2.85. The van der Waals surface area contributed by atoms with Crippen LogP contribution in [0, 0.1) is 6.92 Å². The minimum Gasteiger partial charge on any atom is -0.493 e. The number of ether oxygens (including phenoxy) is 2. The molecule has 2 aromatic rings. The van der Waals surface area contributed by atoms with Crippen LogP contribution in [0.5, 0.6) is 11.5 Å². The van der Waals surface area contributed by atoms with Crippen LogP contribution in [0.25, 0.3) is 11.3 Å². The van der Waals surface area contributed by atoms with Crippen LogP contribution in [-0.2, 0) is 13.0 Å². The second kappa shape index (κ2) is 4.71. The molecule has 0 fully saturated rings. The van der Waals surface area contributed by atoms with Gasteiger partial charge < -0.3 is 14.0 Å². The Labute approximate surface area is 117 Å². The van der Waals surface area contributed by atoms with E-state index < -0.39 is 0 Å². The normalized spacial score (nSPS) is 12.6. The maximum atomic E-state index is 12.0. The summed E-state index contributed by atoms with van der Waals surface area (Å²) in [6.45, 7) is 2.73. The van der Waals surface area contributed by atoms with Crippen molar-refractivity contribution in [2.45, 2.75) is 19.9 Å². The number of benzene rings is 1. The summed E-state index contributed by atoms with van der Waals surface area (Å²) in [7, 11) is 3.26. The Morgan fingerprint density at radius 2 is 1.80 bits per heavy atom. The third-order valence-electron chi connectivity index (χ3n) is 3.85. The standard InChI is InChI=1S/C16H17NO3/c1-10-4-5-15(18)17-7-6-11-8-13(19-2)14(20-3)9-12(11)16(10)17/h4-5,8-9H,6-7H2,1-3H3. The van der Waals surface area contributed by atoms with Gasteiger partial charge in [0.1, 0.15) is 0 Å². The molecule has 4 heteroatoms. The second-order valence-corrected chi connectivity index (χ2v) is 4.97.